The molecule has 53 heavy (non-hydrogen) atoms. The number of cyclic esters (lactones) is 1. The first-order valence-electron chi connectivity index (χ1n) is 19.4. The average molecular weight is 779 g/mol. The molecule has 7 nitrogen and oxygen atoms in total. The van der Waals surface area contributed by atoms with E-state index in [0.29, 0.717) is 25.7 Å². The fourth-order valence-corrected chi connectivity index (χ4v) is 10.3. The molecule has 0 saturated carbocycles. The molecule has 1 fully saturated rings. The summed E-state index contributed by atoms with van der Waals surface area (Å²) in [5.74, 6) is -1.11. The molecule has 3 aliphatic rings. The van der Waals surface area contributed by atoms with Crippen molar-refractivity contribution in [1.82, 2.24) is 0 Å². The number of fused-ring (bicyclic) bond motifs is 1. The first kappa shape index (κ1) is 43.3. The molecule has 1 aromatic carbocycles. The Morgan fingerprint density at radius 2 is 1.77 bits per heavy atom. The maximum atomic E-state index is 14.0. The fraction of sp³-hybridized carbons (Fsp3) is 0.707. The van der Waals surface area contributed by atoms with Gasteiger partial charge in [0.25, 0.3) is 0 Å². The van der Waals surface area contributed by atoms with E-state index in [1.54, 1.807) is 6.92 Å². The summed E-state index contributed by atoms with van der Waals surface area (Å²) in [5, 5.41) is 0. The van der Waals surface area contributed by atoms with E-state index in [-0.39, 0.29) is 53.3 Å². The highest BCUT2D eigenvalue weighted by atomic mass is 28.3. The van der Waals surface area contributed by atoms with Crippen LogP contribution in [0, 0.1) is 29.1 Å². The second kappa shape index (κ2) is 18.0. The maximum Gasteiger partial charge on any atom is 0.416 e. The summed E-state index contributed by atoms with van der Waals surface area (Å²) in [6.07, 6.45) is 5.25. The summed E-state index contributed by atoms with van der Waals surface area (Å²) in [6, 6.07) is 4.59. The number of esters is 2. The lowest BCUT2D eigenvalue weighted by atomic mass is 9.61. The van der Waals surface area contributed by atoms with E-state index in [1.165, 1.54) is 12.1 Å². The van der Waals surface area contributed by atoms with Gasteiger partial charge in [-0.05, 0) is 99.8 Å². The normalized spacial score (nSPS) is 29.8. The third-order valence-corrected chi connectivity index (χ3v) is 12.5. The number of alkyl halides is 3. The lowest BCUT2D eigenvalue weighted by molar-refractivity contribution is -0.180. The Kier molecular flexibility index (Phi) is 14.7. The predicted molar refractivity (Wildman–Crippen MR) is 204 cm³/mol. The van der Waals surface area contributed by atoms with Crippen molar-refractivity contribution in [2.45, 2.75) is 155 Å². The second-order valence-electron chi connectivity index (χ2n) is 16.7. The van der Waals surface area contributed by atoms with Gasteiger partial charge in [0.2, 0.25) is 18.1 Å². The molecule has 2 aliphatic carbocycles. The zero-order valence-electron chi connectivity index (χ0n) is 33.3. The van der Waals surface area contributed by atoms with Gasteiger partial charge in [0, 0.05) is 17.8 Å². The molecular weight excluding hydrogens is 718 g/mol. The first-order valence-corrected chi connectivity index (χ1v) is 24.2. The molecule has 2 radical (unpaired) electrons. The Morgan fingerprint density at radius 3 is 2.38 bits per heavy atom. The number of benzene rings is 1. The number of carbonyl (C=O) groups is 2. The van der Waals surface area contributed by atoms with Gasteiger partial charge in [0.05, 0.1) is 11.2 Å². The maximum absolute atomic E-state index is 14.0. The molecule has 9 atom stereocenters. The Morgan fingerprint density at radius 1 is 1.06 bits per heavy atom. The van der Waals surface area contributed by atoms with Crippen molar-refractivity contribution in [3.05, 3.63) is 53.6 Å². The van der Waals surface area contributed by atoms with E-state index in [0.717, 1.165) is 37.0 Å². The van der Waals surface area contributed by atoms with Crippen molar-refractivity contribution < 1.29 is 45.8 Å². The van der Waals surface area contributed by atoms with Crippen LogP contribution in [-0.4, -0.2) is 60.0 Å². The quantitative estimate of drug-likeness (QED) is 0.130. The lowest BCUT2D eigenvalue weighted by Crippen LogP contribution is -2.57. The highest BCUT2D eigenvalue weighted by Gasteiger charge is 2.54. The molecule has 0 aromatic heterocycles. The fourth-order valence-electron chi connectivity index (χ4n) is 8.34. The summed E-state index contributed by atoms with van der Waals surface area (Å²) in [5.41, 5.74) is -0.689. The van der Waals surface area contributed by atoms with E-state index >= 15 is 0 Å². The SMILES string of the molecule is CCCC[C@@H]1C=C2C=C[C@H](C)[C@](CC[C@@H]3C[C@H](C(C)(C)C)C(O[Si](C)C)C(=O)O3)(O[Si](C)C)[C@H]2[C@@H](OC(=O)C(CC)Oc2cccc(C(F)(F)F)c2)C1. The van der Waals surface area contributed by atoms with Crippen molar-refractivity contribution in [3.63, 3.8) is 0 Å². The molecule has 0 bridgehead atoms. The van der Waals surface area contributed by atoms with E-state index in [9.17, 15) is 22.8 Å². The largest absolute Gasteiger partial charge is 0.479 e. The van der Waals surface area contributed by atoms with Gasteiger partial charge in [0.15, 0.2) is 6.10 Å². The Balaban J connectivity index is 1.67. The number of ether oxygens (including phenoxy) is 3. The number of allylic oxidation sites excluding steroid dienone is 2. The van der Waals surface area contributed by atoms with E-state index < -0.39 is 59.7 Å². The molecule has 1 aliphatic heterocycles. The minimum absolute atomic E-state index is 0.00728. The first-order chi connectivity index (χ1) is 24.8. The Labute approximate surface area is 318 Å². The van der Waals surface area contributed by atoms with Crippen LogP contribution in [-0.2, 0) is 34.1 Å². The molecule has 2 unspecified atom stereocenters. The van der Waals surface area contributed by atoms with Gasteiger partial charge >= 0.3 is 18.1 Å². The Hall–Kier alpha value is -2.42. The van der Waals surface area contributed by atoms with Crippen LogP contribution in [0.3, 0.4) is 0 Å². The molecule has 1 heterocycles. The van der Waals surface area contributed by atoms with E-state index in [1.807, 2.05) is 13.1 Å². The average Bonchev–Trinajstić information content (AvgIpc) is 3.06. The van der Waals surface area contributed by atoms with Crippen LogP contribution in [0.25, 0.3) is 0 Å². The number of rotatable bonds is 15. The highest BCUT2D eigenvalue weighted by Crippen LogP contribution is 2.51. The van der Waals surface area contributed by atoms with Crippen LogP contribution in [0.15, 0.2) is 48.1 Å². The second-order valence-corrected chi connectivity index (χ2v) is 20.7. The van der Waals surface area contributed by atoms with Crippen molar-refractivity contribution in [2.75, 3.05) is 0 Å². The van der Waals surface area contributed by atoms with Gasteiger partial charge in [0.1, 0.15) is 24.1 Å². The van der Waals surface area contributed by atoms with E-state index in [4.69, 9.17) is 23.1 Å². The van der Waals surface area contributed by atoms with Crippen molar-refractivity contribution in [1.29, 1.82) is 0 Å². The monoisotopic (exact) mass is 778 g/mol. The van der Waals surface area contributed by atoms with Crippen LogP contribution >= 0.6 is 0 Å². The number of unbranched alkanes of at least 4 members (excludes halogenated alkanes) is 1. The van der Waals surface area contributed by atoms with Gasteiger partial charge in [-0.2, -0.15) is 13.2 Å². The molecule has 1 aromatic rings. The van der Waals surface area contributed by atoms with Crippen molar-refractivity contribution in [2.24, 2.45) is 29.1 Å². The molecule has 4 rings (SSSR count). The minimum atomic E-state index is -4.54. The number of hydrogen-bond acceptors (Lipinski definition) is 7. The Bertz CT molecular complexity index is 1460. The summed E-state index contributed by atoms with van der Waals surface area (Å²) in [7, 11) is -2.42. The number of halogens is 3. The molecule has 12 heteroatoms. The van der Waals surface area contributed by atoms with Gasteiger partial charge in [-0.15, -0.1) is 0 Å². The molecular formula is C41H61F3O7Si2. The summed E-state index contributed by atoms with van der Waals surface area (Å²) in [4.78, 5) is 27.5. The van der Waals surface area contributed by atoms with Crippen molar-refractivity contribution in [3.8, 4) is 5.75 Å². The van der Waals surface area contributed by atoms with Gasteiger partial charge < -0.3 is 23.1 Å². The van der Waals surface area contributed by atoms with Gasteiger partial charge in [-0.25, -0.2) is 9.59 Å². The zero-order valence-corrected chi connectivity index (χ0v) is 35.3. The van der Waals surface area contributed by atoms with Gasteiger partial charge in [-0.3, -0.25) is 0 Å². The number of hydrogen-bond donors (Lipinski definition) is 0. The number of carbonyl (C=O) groups excluding carboxylic acids is 2. The lowest BCUT2D eigenvalue weighted by Gasteiger charge is -2.53. The molecule has 1 saturated heterocycles. The van der Waals surface area contributed by atoms with Crippen LogP contribution < -0.4 is 4.74 Å². The molecule has 0 amide bonds. The topological polar surface area (TPSA) is 80.3 Å². The summed E-state index contributed by atoms with van der Waals surface area (Å²) < 4.78 is 72.2. The highest BCUT2D eigenvalue weighted by molar-refractivity contribution is 6.49. The standard InChI is InChI=1S/C41H61F3O7Si2/c1-11-13-15-27-22-28-19-18-26(3)40(51-53(9)10,21-20-31-25-32(39(4,5)6)36(38(46)48-31)50-52(7)8)35(28)34(23-27)49-37(45)33(12-2)47-30-17-14-16-29(24-30)41(42,43)44/h14,16-19,22,24,26-27,31-36H,11-13,15,20-21,23,25H2,1-10H3/t26-,27+,31+,32-,33?,34-,35+,36?,40-/m0/s1. The molecule has 0 N–H and O–H groups in total. The minimum Gasteiger partial charge on any atom is -0.479 e. The smallest absolute Gasteiger partial charge is 0.416 e. The zero-order chi connectivity index (χ0) is 39.3. The summed E-state index contributed by atoms with van der Waals surface area (Å²) in [6.45, 7) is 20.8. The predicted octanol–water partition coefficient (Wildman–Crippen LogP) is 10.1. The van der Waals surface area contributed by atoms with Gasteiger partial charge in [-0.1, -0.05) is 78.7 Å². The van der Waals surface area contributed by atoms with Crippen LogP contribution in [0.1, 0.15) is 98.5 Å². The van der Waals surface area contributed by atoms with Crippen LogP contribution in [0.5, 0.6) is 5.75 Å². The van der Waals surface area contributed by atoms with E-state index in [2.05, 4.69) is 65.9 Å². The van der Waals surface area contributed by atoms with Crippen molar-refractivity contribution >= 4 is 30.0 Å². The third kappa shape index (κ3) is 10.9. The summed E-state index contributed by atoms with van der Waals surface area (Å²) >= 11 is 0. The van der Waals surface area contributed by atoms with Crippen LogP contribution in [0.2, 0.25) is 26.2 Å². The third-order valence-electron chi connectivity index (χ3n) is 11.0. The molecule has 296 valence electrons. The van der Waals surface area contributed by atoms with Crippen LogP contribution in [0.4, 0.5) is 13.2 Å². The molecule has 0 spiro atoms.